The number of aryl methyl sites for hydroxylation is 1. The Kier molecular flexibility index (Phi) is 10.1. The quantitative estimate of drug-likeness (QED) is 0.166. The van der Waals surface area contributed by atoms with Crippen molar-refractivity contribution in [2.45, 2.75) is 75.3 Å². The second kappa shape index (κ2) is 15.0. The SMILES string of the molecule is CN(CC1CCC(c2cc3cc(NC(=O)c4cncc(C(F)(F)F)n4)ccn3n2)CC1)[C@@H]1CCN(c2cccc3c2n(C)c(=O)n3C2CCC(=O)NC2=O)C[C@H]1F. The summed E-state index contributed by atoms with van der Waals surface area (Å²) < 4.78 is 59.8. The van der Waals surface area contributed by atoms with Crippen LogP contribution in [-0.4, -0.2) is 90.2 Å². The second-order valence-electron chi connectivity index (χ2n) is 15.4. The van der Waals surface area contributed by atoms with Crippen molar-refractivity contribution in [2.24, 2.45) is 13.0 Å². The first-order valence-corrected chi connectivity index (χ1v) is 19.1. The Balaban J connectivity index is 0.862. The van der Waals surface area contributed by atoms with Crippen LogP contribution in [0.1, 0.15) is 78.8 Å². The fourth-order valence-corrected chi connectivity index (χ4v) is 8.79. The highest BCUT2D eigenvalue weighted by molar-refractivity contribution is 6.03. The van der Waals surface area contributed by atoms with E-state index in [0.717, 1.165) is 55.3 Å². The van der Waals surface area contributed by atoms with Gasteiger partial charge in [-0.2, -0.15) is 18.3 Å². The van der Waals surface area contributed by atoms with Crippen molar-refractivity contribution < 1.29 is 31.9 Å². The van der Waals surface area contributed by atoms with Crippen LogP contribution in [-0.2, 0) is 22.8 Å². The molecule has 1 saturated carbocycles. The number of carbonyl (C=O) groups excluding carboxylic acids is 3. The highest BCUT2D eigenvalue weighted by atomic mass is 19.4. The molecule has 8 rings (SSSR count). The largest absolute Gasteiger partial charge is 0.434 e. The van der Waals surface area contributed by atoms with Crippen LogP contribution in [0.25, 0.3) is 16.6 Å². The molecule has 4 aromatic heterocycles. The van der Waals surface area contributed by atoms with Crippen molar-refractivity contribution in [3.63, 3.8) is 0 Å². The molecule has 0 bridgehead atoms. The molecule has 1 aromatic carbocycles. The lowest BCUT2D eigenvalue weighted by Crippen LogP contribution is -2.52. The van der Waals surface area contributed by atoms with E-state index >= 15 is 4.39 Å². The molecule has 1 unspecified atom stereocenters. The number of nitrogens with zero attached hydrogens (tertiary/aromatic N) is 8. The summed E-state index contributed by atoms with van der Waals surface area (Å²) in [6.07, 6.45) is 2.11. The Morgan fingerprint density at radius 2 is 1.82 bits per heavy atom. The maximum absolute atomic E-state index is 16.1. The van der Waals surface area contributed by atoms with Crippen LogP contribution in [0.2, 0.25) is 0 Å². The summed E-state index contributed by atoms with van der Waals surface area (Å²) in [5.41, 5.74) is 1.91. The van der Waals surface area contributed by atoms with Gasteiger partial charge in [-0.3, -0.25) is 33.8 Å². The van der Waals surface area contributed by atoms with E-state index in [-0.39, 0.29) is 42.9 Å². The van der Waals surface area contributed by atoms with E-state index in [1.54, 1.807) is 36.0 Å². The summed E-state index contributed by atoms with van der Waals surface area (Å²) in [7, 11) is 3.64. The van der Waals surface area contributed by atoms with Crippen molar-refractivity contribution >= 4 is 45.6 Å². The van der Waals surface area contributed by atoms with Gasteiger partial charge in [-0.05, 0) is 81.8 Å². The van der Waals surface area contributed by atoms with Gasteiger partial charge >= 0.3 is 11.9 Å². The molecule has 57 heavy (non-hydrogen) atoms. The number of alkyl halides is 4. The first-order valence-electron chi connectivity index (χ1n) is 19.1. The number of halogens is 4. The number of pyridine rings is 1. The number of carbonyl (C=O) groups is 3. The van der Waals surface area contributed by atoms with E-state index in [2.05, 4.69) is 25.5 Å². The Bertz CT molecular complexity index is 2420. The van der Waals surface area contributed by atoms with Gasteiger partial charge in [-0.25, -0.2) is 18.7 Å². The number of para-hydroxylation sites is 1. The van der Waals surface area contributed by atoms with Crippen LogP contribution < -0.4 is 21.2 Å². The van der Waals surface area contributed by atoms with Crippen molar-refractivity contribution in [3.8, 4) is 0 Å². The molecule has 3 atom stereocenters. The third kappa shape index (κ3) is 7.49. The van der Waals surface area contributed by atoms with E-state index in [1.165, 1.54) is 9.13 Å². The fraction of sp³-hybridized carbons (Fsp3) is 0.462. The summed E-state index contributed by atoms with van der Waals surface area (Å²) in [4.78, 5) is 61.5. The van der Waals surface area contributed by atoms with Gasteiger partial charge in [0.15, 0.2) is 5.69 Å². The molecule has 18 heteroatoms. The summed E-state index contributed by atoms with van der Waals surface area (Å²) in [6.45, 7) is 1.52. The molecule has 3 fully saturated rings. The first-order chi connectivity index (χ1) is 27.2. The van der Waals surface area contributed by atoms with Crippen LogP contribution in [0.4, 0.5) is 28.9 Å². The average molecular weight is 791 g/mol. The van der Waals surface area contributed by atoms with Crippen molar-refractivity contribution in [1.29, 1.82) is 0 Å². The van der Waals surface area contributed by atoms with Gasteiger partial charge in [0.05, 0.1) is 46.9 Å². The van der Waals surface area contributed by atoms with Crippen molar-refractivity contribution in [2.75, 3.05) is 36.9 Å². The van der Waals surface area contributed by atoms with Gasteiger partial charge in [0.25, 0.3) is 5.91 Å². The predicted molar refractivity (Wildman–Crippen MR) is 202 cm³/mol. The van der Waals surface area contributed by atoms with Crippen LogP contribution in [0.3, 0.4) is 0 Å². The third-order valence-corrected chi connectivity index (χ3v) is 11.7. The summed E-state index contributed by atoms with van der Waals surface area (Å²) in [5, 5.41) is 9.68. The third-order valence-electron chi connectivity index (χ3n) is 11.7. The van der Waals surface area contributed by atoms with Crippen molar-refractivity contribution in [3.05, 3.63) is 82.6 Å². The van der Waals surface area contributed by atoms with E-state index in [4.69, 9.17) is 5.10 Å². The lowest BCUT2D eigenvalue weighted by molar-refractivity contribution is -0.141. The van der Waals surface area contributed by atoms with Gasteiger partial charge in [0, 0.05) is 50.4 Å². The molecule has 300 valence electrons. The highest BCUT2D eigenvalue weighted by Crippen LogP contribution is 2.38. The molecule has 2 aliphatic heterocycles. The number of rotatable bonds is 8. The Labute approximate surface area is 323 Å². The molecule has 5 aromatic rings. The number of imidazole rings is 1. The summed E-state index contributed by atoms with van der Waals surface area (Å²) >= 11 is 0. The second-order valence-corrected chi connectivity index (χ2v) is 15.4. The molecule has 2 saturated heterocycles. The number of aromatic nitrogens is 6. The topological polar surface area (TPSA) is 152 Å². The fourth-order valence-electron chi connectivity index (χ4n) is 8.79. The van der Waals surface area contributed by atoms with Gasteiger partial charge in [-0.15, -0.1) is 0 Å². The summed E-state index contributed by atoms with van der Waals surface area (Å²) in [5.74, 6) is -1.04. The zero-order valence-corrected chi connectivity index (χ0v) is 31.4. The zero-order chi connectivity index (χ0) is 40.2. The minimum Gasteiger partial charge on any atom is -0.367 e. The number of imide groups is 1. The van der Waals surface area contributed by atoms with Gasteiger partial charge in [0.2, 0.25) is 11.8 Å². The number of anilines is 2. The molecule has 14 nitrogen and oxygen atoms in total. The lowest BCUT2D eigenvalue weighted by atomic mass is 9.80. The van der Waals surface area contributed by atoms with Crippen LogP contribution in [0, 0.1) is 5.92 Å². The minimum absolute atomic E-state index is 0.148. The number of hydrogen-bond donors (Lipinski definition) is 2. The predicted octanol–water partition coefficient (Wildman–Crippen LogP) is 4.85. The monoisotopic (exact) mass is 790 g/mol. The molecule has 2 N–H and O–H groups in total. The molecule has 3 aliphatic rings. The molecular formula is C39H42F4N10O4. The summed E-state index contributed by atoms with van der Waals surface area (Å²) in [6, 6.07) is 9.69. The molecule has 3 amide bonds. The van der Waals surface area contributed by atoms with Crippen LogP contribution in [0.15, 0.2) is 59.8 Å². The maximum Gasteiger partial charge on any atom is 0.434 e. The smallest absolute Gasteiger partial charge is 0.367 e. The molecule has 1 aliphatic carbocycles. The molecule has 0 radical (unpaired) electrons. The zero-order valence-electron chi connectivity index (χ0n) is 31.4. The van der Waals surface area contributed by atoms with Gasteiger partial charge < -0.3 is 15.1 Å². The van der Waals surface area contributed by atoms with E-state index in [9.17, 15) is 32.3 Å². The standard InChI is InChI=1S/C39H42F4N10O4/c1-49(29-13-14-51(21-26(29)40)30-4-3-5-31-35(30)50(2)38(57)53(31)32-10-11-34(54)47-37(32)56)20-22-6-8-23(9-7-22)27-17-25-16-24(12-15-52(25)48-27)45-36(55)28-18-44-19-33(46-28)39(41,42)43/h3-5,12,15-19,22-23,26,29,32H,6-11,13-14,20-21H2,1-2H3,(H,45,55)(H,47,54,56)/t22?,23?,26-,29-,32?/m1/s1. The number of benzene rings is 1. The number of hydrogen-bond acceptors (Lipinski definition) is 9. The van der Waals surface area contributed by atoms with Crippen molar-refractivity contribution in [1.82, 2.24) is 38.9 Å². The number of nitrogens with one attached hydrogen (secondary N) is 2. The Hall–Kier alpha value is -5.65. The number of fused-ring (bicyclic) bond motifs is 2. The normalized spacial score (nSPS) is 23.4. The average Bonchev–Trinajstić information content (AvgIpc) is 3.72. The van der Waals surface area contributed by atoms with E-state index < -0.39 is 41.6 Å². The maximum atomic E-state index is 16.1. The Morgan fingerprint density at radius 1 is 1.04 bits per heavy atom. The lowest BCUT2D eigenvalue weighted by Gasteiger charge is -2.42. The first kappa shape index (κ1) is 38.2. The molecule has 6 heterocycles. The van der Waals surface area contributed by atoms with Gasteiger partial charge in [0.1, 0.15) is 17.9 Å². The highest BCUT2D eigenvalue weighted by Gasteiger charge is 2.37. The van der Waals surface area contributed by atoms with E-state index in [1.807, 2.05) is 30.1 Å². The van der Waals surface area contributed by atoms with Crippen LogP contribution in [0.5, 0.6) is 0 Å². The molecular weight excluding hydrogens is 748 g/mol. The van der Waals surface area contributed by atoms with Gasteiger partial charge in [-0.1, -0.05) is 6.07 Å². The Morgan fingerprint density at radius 3 is 2.56 bits per heavy atom. The number of amides is 3. The number of piperidine rings is 2. The van der Waals surface area contributed by atoms with E-state index in [0.29, 0.717) is 41.8 Å². The molecule has 0 spiro atoms. The van der Waals surface area contributed by atoms with Crippen LogP contribution >= 0.6 is 0 Å². The minimum atomic E-state index is -4.72.